The number of rotatable bonds is 5. The molecule has 0 spiro atoms. The Morgan fingerprint density at radius 1 is 1.33 bits per heavy atom. The van der Waals surface area contributed by atoms with Crippen LogP contribution in [-0.4, -0.2) is 27.0 Å². The average Bonchev–Trinajstić information content (AvgIpc) is 2.73. The maximum Gasteiger partial charge on any atom is 0.149 e. The molecule has 1 unspecified atom stereocenters. The molecule has 5 heteroatoms. The lowest BCUT2D eigenvalue weighted by Crippen LogP contribution is -2.27. The molecule has 1 atom stereocenters. The molecule has 0 radical (unpaired) electrons. The van der Waals surface area contributed by atoms with Crippen LogP contribution in [0.1, 0.15) is 29.7 Å². The quantitative estimate of drug-likeness (QED) is 0.878. The fourth-order valence-electron chi connectivity index (χ4n) is 2.23. The number of sulfone groups is 1. The molecule has 0 saturated carbocycles. The van der Waals surface area contributed by atoms with Gasteiger partial charge in [-0.3, -0.25) is 0 Å². The number of fused-ring (bicyclic) bond motifs is 1. The van der Waals surface area contributed by atoms with E-state index in [-0.39, 0.29) is 11.8 Å². The Labute approximate surface area is 108 Å². The molecule has 18 heavy (non-hydrogen) atoms. The van der Waals surface area contributed by atoms with Gasteiger partial charge in [0.25, 0.3) is 0 Å². The second kappa shape index (κ2) is 5.38. The minimum Gasteiger partial charge on any atom is -0.372 e. The Hall–Kier alpha value is -0.910. The predicted octanol–water partition coefficient (Wildman–Crippen LogP) is 1.41. The lowest BCUT2D eigenvalue weighted by molar-refractivity contribution is 0.134. The summed E-state index contributed by atoms with van der Waals surface area (Å²) in [6.45, 7) is 4.01. The first-order chi connectivity index (χ1) is 8.49. The Balaban J connectivity index is 2.25. The predicted molar refractivity (Wildman–Crippen MR) is 71.1 cm³/mol. The van der Waals surface area contributed by atoms with Gasteiger partial charge in [0.15, 0.2) is 0 Å². The molecule has 1 aliphatic heterocycles. The Morgan fingerprint density at radius 3 is 2.72 bits per heavy atom. The minimum absolute atomic E-state index is 0.125. The molecule has 0 saturated heterocycles. The zero-order valence-electron chi connectivity index (χ0n) is 10.8. The van der Waals surface area contributed by atoms with Crippen LogP contribution in [0, 0.1) is 0 Å². The SMILES string of the molecule is CCNC(CS(C)(=O)=O)c1ccc2c(c1)COC2. The van der Waals surface area contributed by atoms with Crippen LogP contribution in [0.2, 0.25) is 0 Å². The average molecular weight is 269 g/mol. The van der Waals surface area contributed by atoms with Gasteiger partial charge in [-0.15, -0.1) is 0 Å². The number of hydrogen-bond donors (Lipinski definition) is 1. The van der Waals surface area contributed by atoms with Gasteiger partial charge in [0.2, 0.25) is 0 Å². The summed E-state index contributed by atoms with van der Waals surface area (Å²) in [4.78, 5) is 0. The third kappa shape index (κ3) is 3.31. The van der Waals surface area contributed by atoms with Crippen molar-refractivity contribution in [3.05, 3.63) is 34.9 Å². The van der Waals surface area contributed by atoms with E-state index in [1.807, 2.05) is 19.1 Å². The van der Waals surface area contributed by atoms with Gasteiger partial charge >= 0.3 is 0 Å². The number of ether oxygens (including phenoxy) is 1. The first kappa shape index (κ1) is 13.5. The molecule has 0 aromatic heterocycles. The van der Waals surface area contributed by atoms with Crippen LogP contribution in [0.4, 0.5) is 0 Å². The summed E-state index contributed by atoms with van der Waals surface area (Å²) in [5, 5.41) is 3.23. The molecular formula is C13H19NO3S. The monoisotopic (exact) mass is 269 g/mol. The Bertz CT molecular complexity index is 525. The summed E-state index contributed by atoms with van der Waals surface area (Å²) in [5.41, 5.74) is 3.39. The standard InChI is InChI=1S/C13H19NO3S/c1-3-14-13(9-18(2,15)16)10-4-5-11-7-17-8-12(11)6-10/h4-6,13-14H,3,7-9H2,1-2H3. The molecule has 0 fully saturated rings. The van der Waals surface area contributed by atoms with Crippen molar-refractivity contribution in [1.82, 2.24) is 5.32 Å². The first-order valence-corrected chi connectivity index (χ1v) is 8.16. The molecule has 0 bridgehead atoms. The van der Waals surface area contributed by atoms with E-state index in [1.54, 1.807) is 0 Å². The van der Waals surface area contributed by atoms with Gasteiger partial charge in [-0.2, -0.15) is 0 Å². The topological polar surface area (TPSA) is 55.4 Å². The van der Waals surface area contributed by atoms with Crippen molar-refractivity contribution < 1.29 is 13.2 Å². The smallest absolute Gasteiger partial charge is 0.149 e. The van der Waals surface area contributed by atoms with Crippen LogP contribution in [0.15, 0.2) is 18.2 Å². The molecule has 1 N–H and O–H groups in total. The molecule has 1 aromatic carbocycles. The summed E-state index contributed by atoms with van der Waals surface area (Å²) in [6, 6.07) is 5.94. The molecule has 2 rings (SSSR count). The van der Waals surface area contributed by atoms with Crippen LogP contribution in [0.3, 0.4) is 0 Å². The normalized spacial score (nSPS) is 16.6. The molecule has 100 valence electrons. The third-order valence-electron chi connectivity index (χ3n) is 3.07. The molecule has 1 aliphatic rings. The lowest BCUT2D eigenvalue weighted by Gasteiger charge is -2.18. The number of hydrogen-bond acceptors (Lipinski definition) is 4. The van der Waals surface area contributed by atoms with E-state index in [0.717, 1.165) is 12.1 Å². The minimum atomic E-state index is -3.00. The van der Waals surface area contributed by atoms with Crippen LogP contribution in [0.25, 0.3) is 0 Å². The summed E-state index contributed by atoms with van der Waals surface area (Å²) < 4.78 is 28.3. The Morgan fingerprint density at radius 2 is 2.06 bits per heavy atom. The van der Waals surface area contributed by atoms with Crippen molar-refractivity contribution in [3.8, 4) is 0 Å². The molecule has 0 aliphatic carbocycles. The van der Waals surface area contributed by atoms with E-state index < -0.39 is 9.84 Å². The number of benzene rings is 1. The highest BCUT2D eigenvalue weighted by molar-refractivity contribution is 7.90. The second-order valence-corrected chi connectivity index (χ2v) is 6.91. The van der Waals surface area contributed by atoms with Crippen molar-refractivity contribution in [1.29, 1.82) is 0 Å². The van der Waals surface area contributed by atoms with E-state index in [4.69, 9.17) is 4.74 Å². The van der Waals surface area contributed by atoms with Crippen LogP contribution >= 0.6 is 0 Å². The maximum absolute atomic E-state index is 11.5. The summed E-state index contributed by atoms with van der Waals surface area (Å²) in [5.74, 6) is 0.125. The van der Waals surface area contributed by atoms with Crippen LogP contribution < -0.4 is 5.32 Å². The van der Waals surface area contributed by atoms with Crippen molar-refractivity contribution in [3.63, 3.8) is 0 Å². The van der Waals surface area contributed by atoms with E-state index >= 15 is 0 Å². The highest BCUT2D eigenvalue weighted by Gasteiger charge is 2.19. The zero-order valence-corrected chi connectivity index (χ0v) is 11.6. The molecule has 0 amide bonds. The van der Waals surface area contributed by atoms with Crippen molar-refractivity contribution >= 4 is 9.84 Å². The van der Waals surface area contributed by atoms with Crippen molar-refractivity contribution in [2.24, 2.45) is 0 Å². The van der Waals surface area contributed by atoms with E-state index in [2.05, 4.69) is 11.4 Å². The highest BCUT2D eigenvalue weighted by Crippen LogP contribution is 2.24. The van der Waals surface area contributed by atoms with E-state index in [1.165, 1.54) is 17.4 Å². The molecule has 1 heterocycles. The largest absolute Gasteiger partial charge is 0.372 e. The van der Waals surface area contributed by atoms with Gasteiger partial charge in [0.05, 0.1) is 19.0 Å². The van der Waals surface area contributed by atoms with E-state index in [9.17, 15) is 8.42 Å². The van der Waals surface area contributed by atoms with Gasteiger partial charge in [0.1, 0.15) is 9.84 Å². The highest BCUT2D eigenvalue weighted by atomic mass is 32.2. The van der Waals surface area contributed by atoms with E-state index in [0.29, 0.717) is 13.2 Å². The van der Waals surface area contributed by atoms with Gasteiger partial charge in [-0.05, 0) is 23.2 Å². The fraction of sp³-hybridized carbons (Fsp3) is 0.538. The van der Waals surface area contributed by atoms with Crippen molar-refractivity contribution in [2.45, 2.75) is 26.2 Å². The van der Waals surface area contributed by atoms with Crippen LogP contribution in [-0.2, 0) is 27.8 Å². The van der Waals surface area contributed by atoms with Gasteiger partial charge in [0, 0.05) is 12.3 Å². The van der Waals surface area contributed by atoms with Gasteiger partial charge in [-0.1, -0.05) is 25.1 Å². The molecule has 4 nitrogen and oxygen atoms in total. The number of nitrogens with one attached hydrogen (secondary N) is 1. The summed E-state index contributed by atoms with van der Waals surface area (Å²) in [6.07, 6.45) is 1.27. The van der Waals surface area contributed by atoms with Gasteiger partial charge in [-0.25, -0.2) is 8.42 Å². The second-order valence-electron chi connectivity index (χ2n) is 4.72. The van der Waals surface area contributed by atoms with Crippen LogP contribution in [0.5, 0.6) is 0 Å². The summed E-state index contributed by atoms with van der Waals surface area (Å²) >= 11 is 0. The summed E-state index contributed by atoms with van der Waals surface area (Å²) in [7, 11) is -3.00. The molecular weight excluding hydrogens is 250 g/mol. The first-order valence-electron chi connectivity index (χ1n) is 6.10. The van der Waals surface area contributed by atoms with Gasteiger partial charge < -0.3 is 10.1 Å². The fourth-order valence-corrected chi connectivity index (χ4v) is 3.15. The lowest BCUT2D eigenvalue weighted by atomic mass is 10.0. The van der Waals surface area contributed by atoms with Crippen molar-refractivity contribution in [2.75, 3.05) is 18.6 Å². The maximum atomic E-state index is 11.5. The Kier molecular flexibility index (Phi) is 4.04. The zero-order chi connectivity index (χ0) is 13.2. The third-order valence-corrected chi connectivity index (χ3v) is 4.01. The molecule has 1 aromatic rings.